The highest BCUT2D eigenvalue weighted by Gasteiger charge is 2.36. The molecule has 0 N–H and O–H groups in total. The molecule has 0 unspecified atom stereocenters. The van der Waals surface area contributed by atoms with Crippen molar-refractivity contribution in [3.05, 3.63) is 34.1 Å². The van der Waals surface area contributed by atoms with E-state index in [2.05, 4.69) is 0 Å². The number of para-hydroxylation sites is 1. The van der Waals surface area contributed by atoms with Crippen LogP contribution >= 0.6 is 0 Å². The number of halogens is 1. The average Bonchev–Trinajstić information content (AvgIpc) is 2.90. The molecule has 1 aliphatic rings. The molecule has 0 amide bonds. The van der Waals surface area contributed by atoms with Crippen LogP contribution in [0.5, 0.6) is 0 Å². The Morgan fingerprint density at radius 2 is 1.95 bits per heavy atom. The van der Waals surface area contributed by atoms with Crippen molar-refractivity contribution in [2.45, 2.75) is 36.6 Å². The summed E-state index contributed by atoms with van der Waals surface area (Å²) in [5, 5.41) is 10.9. The number of nitro benzene ring substituents is 1. The van der Waals surface area contributed by atoms with Crippen molar-refractivity contribution in [3.63, 3.8) is 0 Å². The van der Waals surface area contributed by atoms with Gasteiger partial charge >= 0.3 is 5.69 Å². The van der Waals surface area contributed by atoms with Crippen LogP contribution in [0.15, 0.2) is 23.1 Å². The first-order valence-corrected chi connectivity index (χ1v) is 7.70. The summed E-state index contributed by atoms with van der Waals surface area (Å²) in [7, 11) is -2.68. The van der Waals surface area contributed by atoms with Crippen LogP contribution in [0.2, 0.25) is 0 Å². The molecule has 6 nitrogen and oxygen atoms in total. The largest absolute Gasteiger partial charge is 0.324 e. The summed E-state index contributed by atoms with van der Waals surface area (Å²) in [6, 6.07) is 2.94. The van der Waals surface area contributed by atoms with E-state index in [0.29, 0.717) is 0 Å². The van der Waals surface area contributed by atoms with E-state index in [9.17, 15) is 22.9 Å². The van der Waals surface area contributed by atoms with Crippen LogP contribution < -0.4 is 0 Å². The fourth-order valence-electron chi connectivity index (χ4n) is 2.50. The molecule has 0 radical (unpaired) electrons. The van der Waals surface area contributed by atoms with Gasteiger partial charge in [-0.25, -0.2) is 8.42 Å². The number of hydrogen-bond donors (Lipinski definition) is 0. The van der Waals surface area contributed by atoms with Gasteiger partial charge in [0, 0.05) is 13.1 Å². The van der Waals surface area contributed by atoms with Gasteiger partial charge in [-0.2, -0.15) is 8.70 Å². The Morgan fingerprint density at radius 1 is 1.35 bits per heavy atom. The molecule has 0 spiro atoms. The maximum absolute atomic E-state index is 13.5. The number of nitrogens with zero attached hydrogens (tertiary/aromatic N) is 2. The molecule has 1 saturated carbocycles. The third-order valence-electron chi connectivity index (χ3n) is 3.63. The predicted octanol–water partition coefficient (Wildman–Crippen LogP) is 2.30. The molecule has 0 aliphatic heterocycles. The van der Waals surface area contributed by atoms with E-state index in [1.54, 1.807) is 0 Å². The molecule has 0 aromatic heterocycles. The highest BCUT2D eigenvalue weighted by Crippen LogP contribution is 2.32. The number of nitro groups is 1. The molecule has 1 aliphatic carbocycles. The number of rotatable bonds is 4. The Bertz CT molecular complexity index is 626. The lowest BCUT2D eigenvalue weighted by Gasteiger charge is -2.23. The molecule has 1 fully saturated rings. The first kappa shape index (κ1) is 14.9. The SMILES string of the molecule is CN(C1CCCC1)S(=O)(=O)c1cccc(F)c1[N+](=O)[O-]. The lowest BCUT2D eigenvalue weighted by molar-refractivity contribution is -0.390. The topological polar surface area (TPSA) is 80.5 Å². The molecule has 20 heavy (non-hydrogen) atoms. The lowest BCUT2D eigenvalue weighted by atomic mass is 10.3. The molecule has 1 aromatic rings. The monoisotopic (exact) mass is 302 g/mol. The van der Waals surface area contributed by atoms with Crippen LogP contribution in [0.25, 0.3) is 0 Å². The second-order valence-electron chi connectivity index (χ2n) is 4.80. The molecular formula is C12H15FN2O4S. The van der Waals surface area contributed by atoms with Crippen LogP contribution in [0.1, 0.15) is 25.7 Å². The zero-order valence-electron chi connectivity index (χ0n) is 11.0. The van der Waals surface area contributed by atoms with E-state index in [4.69, 9.17) is 0 Å². The van der Waals surface area contributed by atoms with Crippen molar-refractivity contribution in [2.75, 3.05) is 7.05 Å². The van der Waals surface area contributed by atoms with Crippen molar-refractivity contribution in [2.24, 2.45) is 0 Å². The molecule has 8 heteroatoms. The summed E-state index contributed by atoms with van der Waals surface area (Å²) in [6.45, 7) is 0. The molecule has 0 bridgehead atoms. The average molecular weight is 302 g/mol. The maximum Gasteiger partial charge on any atom is 0.324 e. The van der Waals surface area contributed by atoms with Gasteiger partial charge in [0.25, 0.3) is 0 Å². The maximum atomic E-state index is 13.5. The lowest BCUT2D eigenvalue weighted by Crippen LogP contribution is -2.35. The van der Waals surface area contributed by atoms with E-state index < -0.39 is 31.3 Å². The van der Waals surface area contributed by atoms with Gasteiger partial charge in [-0.05, 0) is 25.0 Å². The Labute approximate surface area is 116 Å². The third-order valence-corrected chi connectivity index (χ3v) is 5.57. The minimum absolute atomic E-state index is 0.178. The van der Waals surface area contributed by atoms with Crippen molar-refractivity contribution in [3.8, 4) is 0 Å². The normalized spacial score (nSPS) is 16.8. The number of hydrogen-bond acceptors (Lipinski definition) is 4. The van der Waals surface area contributed by atoms with E-state index in [1.807, 2.05) is 0 Å². The molecule has 110 valence electrons. The summed E-state index contributed by atoms with van der Waals surface area (Å²) in [5.41, 5.74) is -0.989. The standard InChI is InChI=1S/C12H15FN2O4S/c1-14(9-5-2-3-6-9)20(18,19)11-8-4-7-10(13)12(11)15(16)17/h4,7-9H,2-3,5-6H2,1H3. The van der Waals surface area contributed by atoms with Gasteiger partial charge in [0.2, 0.25) is 15.8 Å². The van der Waals surface area contributed by atoms with E-state index in [1.165, 1.54) is 7.05 Å². The third kappa shape index (κ3) is 2.53. The van der Waals surface area contributed by atoms with Crippen molar-refractivity contribution in [1.29, 1.82) is 0 Å². The predicted molar refractivity (Wildman–Crippen MR) is 70.3 cm³/mol. The smallest absolute Gasteiger partial charge is 0.258 e. The Kier molecular flexibility index (Phi) is 4.05. The quantitative estimate of drug-likeness (QED) is 0.631. The summed E-state index contributed by atoms with van der Waals surface area (Å²) in [4.78, 5) is 9.33. The summed E-state index contributed by atoms with van der Waals surface area (Å²) in [6.07, 6.45) is 3.29. The zero-order valence-corrected chi connectivity index (χ0v) is 11.8. The Morgan fingerprint density at radius 3 is 2.50 bits per heavy atom. The highest BCUT2D eigenvalue weighted by molar-refractivity contribution is 7.89. The number of sulfonamides is 1. The first-order chi connectivity index (χ1) is 9.35. The molecular weight excluding hydrogens is 287 g/mol. The summed E-state index contributed by atoms with van der Waals surface area (Å²) in [5.74, 6) is -1.14. The van der Waals surface area contributed by atoms with Gasteiger partial charge < -0.3 is 0 Å². The Hall–Kier alpha value is -1.54. The van der Waals surface area contributed by atoms with Gasteiger partial charge in [0.15, 0.2) is 4.90 Å². The second kappa shape index (κ2) is 5.45. The van der Waals surface area contributed by atoms with Gasteiger partial charge in [0.1, 0.15) is 0 Å². The van der Waals surface area contributed by atoms with Crippen LogP contribution in [-0.4, -0.2) is 30.7 Å². The van der Waals surface area contributed by atoms with Gasteiger partial charge in [-0.15, -0.1) is 0 Å². The molecule has 1 aromatic carbocycles. The molecule has 2 rings (SSSR count). The van der Waals surface area contributed by atoms with Crippen LogP contribution in [0.3, 0.4) is 0 Å². The Balaban J connectivity index is 2.49. The van der Waals surface area contributed by atoms with E-state index >= 15 is 0 Å². The van der Waals surface area contributed by atoms with Crippen LogP contribution in [-0.2, 0) is 10.0 Å². The first-order valence-electron chi connectivity index (χ1n) is 6.26. The van der Waals surface area contributed by atoms with Crippen LogP contribution in [0, 0.1) is 15.9 Å². The van der Waals surface area contributed by atoms with Gasteiger partial charge in [-0.1, -0.05) is 18.9 Å². The molecule has 0 heterocycles. The van der Waals surface area contributed by atoms with Crippen molar-refractivity contribution < 1.29 is 17.7 Å². The van der Waals surface area contributed by atoms with Crippen molar-refractivity contribution in [1.82, 2.24) is 4.31 Å². The van der Waals surface area contributed by atoms with E-state index in [-0.39, 0.29) is 6.04 Å². The molecule has 0 atom stereocenters. The fraction of sp³-hybridized carbons (Fsp3) is 0.500. The van der Waals surface area contributed by atoms with Crippen LogP contribution in [0.4, 0.5) is 10.1 Å². The minimum atomic E-state index is -4.07. The minimum Gasteiger partial charge on any atom is -0.258 e. The number of benzene rings is 1. The summed E-state index contributed by atoms with van der Waals surface area (Å²) < 4.78 is 39.6. The zero-order chi connectivity index (χ0) is 14.9. The second-order valence-corrected chi connectivity index (χ2v) is 6.77. The summed E-state index contributed by atoms with van der Waals surface area (Å²) >= 11 is 0. The molecule has 0 saturated heterocycles. The fourth-order valence-corrected chi connectivity index (χ4v) is 4.08. The highest BCUT2D eigenvalue weighted by atomic mass is 32.2. The van der Waals surface area contributed by atoms with Gasteiger partial charge in [0.05, 0.1) is 4.92 Å². The van der Waals surface area contributed by atoms with Gasteiger partial charge in [-0.3, -0.25) is 10.1 Å². The van der Waals surface area contributed by atoms with E-state index in [0.717, 1.165) is 48.2 Å². The van der Waals surface area contributed by atoms with Crippen molar-refractivity contribution >= 4 is 15.7 Å².